The van der Waals surface area contributed by atoms with E-state index in [1.165, 1.54) is 41.9 Å². The molecule has 2 saturated heterocycles. The molecule has 1 amide bonds. The van der Waals surface area contributed by atoms with Gasteiger partial charge in [0.2, 0.25) is 15.9 Å². The second kappa shape index (κ2) is 10.1. The van der Waals surface area contributed by atoms with Gasteiger partial charge < -0.3 is 10.2 Å². The maximum absolute atomic E-state index is 13.0. The maximum atomic E-state index is 13.0. The molecule has 1 N–H and O–H groups in total. The number of anilines is 2. The van der Waals surface area contributed by atoms with Gasteiger partial charge in [0.15, 0.2) is 5.78 Å². The molecule has 0 bridgehead atoms. The highest BCUT2D eigenvalue weighted by molar-refractivity contribution is 7.89. The number of nitrogens with zero attached hydrogens (tertiary/aromatic N) is 2. The Morgan fingerprint density at radius 3 is 2.15 bits per heavy atom. The molecule has 33 heavy (non-hydrogen) atoms. The fourth-order valence-corrected chi connectivity index (χ4v) is 6.06. The van der Waals surface area contributed by atoms with Crippen LogP contribution in [0.4, 0.5) is 11.4 Å². The van der Waals surface area contributed by atoms with E-state index >= 15 is 0 Å². The normalized spacial score (nSPS) is 18.2. The van der Waals surface area contributed by atoms with E-state index in [1.807, 2.05) is 24.3 Å². The summed E-state index contributed by atoms with van der Waals surface area (Å²) in [6.07, 6.45) is 4.51. The zero-order valence-corrected chi connectivity index (χ0v) is 19.8. The highest BCUT2D eigenvalue weighted by Gasteiger charge is 2.32. The molecule has 2 aromatic carbocycles. The van der Waals surface area contributed by atoms with Crippen molar-refractivity contribution in [1.29, 1.82) is 0 Å². The van der Waals surface area contributed by atoms with E-state index in [4.69, 9.17) is 0 Å². The number of amides is 1. The van der Waals surface area contributed by atoms with E-state index in [0.717, 1.165) is 37.3 Å². The van der Waals surface area contributed by atoms with Crippen LogP contribution in [-0.2, 0) is 14.8 Å². The minimum atomic E-state index is -3.65. The van der Waals surface area contributed by atoms with Crippen LogP contribution in [0.5, 0.6) is 0 Å². The first-order chi connectivity index (χ1) is 15.9. The lowest BCUT2D eigenvalue weighted by molar-refractivity contribution is -0.120. The van der Waals surface area contributed by atoms with Gasteiger partial charge in [-0.2, -0.15) is 4.31 Å². The topological polar surface area (TPSA) is 86.8 Å². The molecule has 0 saturated carbocycles. The summed E-state index contributed by atoms with van der Waals surface area (Å²) in [6, 6.07) is 13.9. The standard InChI is InChI=1S/C25H31N3O4S/c1-19(29)20-9-11-22(12-10-20)33(31,32)28-17-13-21(14-18-28)25(30)26-23-7-3-4-8-24(23)27-15-5-2-6-16-27/h3-4,7-12,21H,2,5-6,13-18H2,1H3,(H,26,30). The fourth-order valence-electron chi connectivity index (χ4n) is 4.59. The van der Waals surface area contributed by atoms with E-state index in [1.54, 1.807) is 0 Å². The molecule has 0 aliphatic carbocycles. The maximum Gasteiger partial charge on any atom is 0.243 e. The minimum Gasteiger partial charge on any atom is -0.370 e. The van der Waals surface area contributed by atoms with Crippen LogP contribution in [0.2, 0.25) is 0 Å². The number of para-hydroxylation sites is 2. The van der Waals surface area contributed by atoms with Gasteiger partial charge in [0.1, 0.15) is 0 Å². The van der Waals surface area contributed by atoms with Crippen LogP contribution in [-0.4, -0.2) is 50.6 Å². The average molecular weight is 470 g/mol. The van der Waals surface area contributed by atoms with Crippen LogP contribution >= 0.6 is 0 Å². The number of hydrogen-bond acceptors (Lipinski definition) is 5. The third-order valence-corrected chi connectivity index (χ3v) is 8.49. The van der Waals surface area contributed by atoms with Gasteiger partial charge in [-0.05, 0) is 63.3 Å². The Hall–Kier alpha value is -2.71. The van der Waals surface area contributed by atoms with E-state index < -0.39 is 10.0 Å². The van der Waals surface area contributed by atoms with Crippen LogP contribution in [0.15, 0.2) is 53.4 Å². The van der Waals surface area contributed by atoms with Crippen molar-refractivity contribution in [3.8, 4) is 0 Å². The van der Waals surface area contributed by atoms with E-state index in [0.29, 0.717) is 31.5 Å². The van der Waals surface area contributed by atoms with Gasteiger partial charge in [-0.3, -0.25) is 9.59 Å². The summed E-state index contributed by atoms with van der Waals surface area (Å²) >= 11 is 0. The zero-order chi connectivity index (χ0) is 23.4. The highest BCUT2D eigenvalue weighted by Crippen LogP contribution is 2.30. The Labute approximate surface area is 195 Å². The monoisotopic (exact) mass is 469 g/mol. The smallest absolute Gasteiger partial charge is 0.243 e. The van der Waals surface area contributed by atoms with Crippen LogP contribution in [0.1, 0.15) is 49.4 Å². The highest BCUT2D eigenvalue weighted by atomic mass is 32.2. The Morgan fingerprint density at radius 1 is 0.879 bits per heavy atom. The Morgan fingerprint density at radius 2 is 1.52 bits per heavy atom. The molecule has 2 aliphatic heterocycles. The van der Waals surface area contributed by atoms with Gasteiger partial charge in [-0.1, -0.05) is 24.3 Å². The number of rotatable bonds is 6. The molecule has 4 rings (SSSR count). The lowest BCUT2D eigenvalue weighted by atomic mass is 9.97. The van der Waals surface area contributed by atoms with Crippen molar-refractivity contribution in [2.45, 2.75) is 43.9 Å². The molecule has 0 radical (unpaired) electrons. The number of carbonyl (C=O) groups excluding carboxylic acids is 2. The molecule has 2 fully saturated rings. The second-order valence-corrected chi connectivity index (χ2v) is 10.8. The van der Waals surface area contributed by atoms with Gasteiger partial charge in [-0.15, -0.1) is 0 Å². The van der Waals surface area contributed by atoms with Crippen molar-refractivity contribution in [1.82, 2.24) is 4.31 Å². The number of hydrogen-bond donors (Lipinski definition) is 1. The van der Waals surface area contributed by atoms with Crippen molar-refractivity contribution in [2.75, 3.05) is 36.4 Å². The average Bonchev–Trinajstić information content (AvgIpc) is 2.85. The molecule has 8 heteroatoms. The first kappa shape index (κ1) is 23.4. The summed E-state index contributed by atoms with van der Waals surface area (Å²) in [5.41, 5.74) is 2.36. The molecule has 0 spiro atoms. The van der Waals surface area contributed by atoms with Crippen LogP contribution in [0, 0.1) is 5.92 Å². The first-order valence-corrected chi connectivity index (χ1v) is 13.1. The first-order valence-electron chi connectivity index (χ1n) is 11.6. The fraction of sp³-hybridized carbons (Fsp3) is 0.440. The van der Waals surface area contributed by atoms with Gasteiger partial charge in [-0.25, -0.2) is 8.42 Å². The van der Waals surface area contributed by atoms with Gasteiger partial charge in [0, 0.05) is 37.7 Å². The van der Waals surface area contributed by atoms with Crippen molar-refractivity contribution in [3.63, 3.8) is 0 Å². The molecular formula is C25H31N3O4S. The van der Waals surface area contributed by atoms with Crippen molar-refractivity contribution >= 4 is 33.1 Å². The van der Waals surface area contributed by atoms with Crippen LogP contribution in [0.3, 0.4) is 0 Å². The summed E-state index contributed by atoms with van der Waals surface area (Å²) in [5.74, 6) is -0.388. The third-order valence-electron chi connectivity index (χ3n) is 6.58. The summed E-state index contributed by atoms with van der Waals surface area (Å²) in [7, 11) is -3.65. The Kier molecular flexibility index (Phi) is 7.14. The quantitative estimate of drug-likeness (QED) is 0.648. The van der Waals surface area contributed by atoms with Crippen molar-refractivity contribution in [3.05, 3.63) is 54.1 Å². The predicted molar refractivity (Wildman–Crippen MR) is 129 cm³/mol. The van der Waals surface area contributed by atoms with Gasteiger partial charge >= 0.3 is 0 Å². The van der Waals surface area contributed by atoms with Crippen molar-refractivity contribution < 1.29 is 18.0 Å². The van der Waals surface area contributed by atoms with Crippen LogP contribution in [0.25, 0.3) is 0 Å². The summed E-state index contributed by atoms with van der Waals surface area (Å²) < 4.78 is 27.4. The zero-order valence-electron chi connectivity index (χ0n) is 19.0. The summed E-state index contributed by atoms with van der Waals surface area (Å²) in [5, 5.41) is 3.10. The minimum absolute atomic E-state index is 0.0534. The number of carbonyl (C=O) groups is 2. The predicted octanol–water partition coefficient (Wildman–Crippen LogP) is 3.92. The van der Waals surface area contributed by atoms with Crippen LogP contribution < -0.4 is 10.2 Å². The molecule has 2 aliphatic rings. The number of benzene rings is 2. The molecular weight excluding hydrogens is 438 g/mol. The third kappa shape index (κ3) is 5.28. The molecule has 0 unspecified atom stereocenters. The lowest BCUT2D eigenvalue weighted by Gasteiger charge is -2.32. The lowest BCUT2D eigenvalue weighted by Crippen LogP contribution is -2.41. The second-order valence-electron chi connectivity index (χ2n) is 8.81. The number of piperidine rings is 2. The number of Topliss-reactive ketones (excluding diaryl/α,β-unsaturated/α-hetero) is 1. The van der Waals surface area contributed by atoms with Crippen molar-refractivity contribution in [2.24, 2.45) is 5.92 Å². The SMILES string of the molecule is CC(=O)c1ccc(S(=O)(=O)N2CCC(C(=O)Nc3ccccc3N3CCCCC3)CC2)cc1. The number of nitrogens with one attached hydrogen (secondary N) is 1. The summed E-state index contributed by atoms with van der Waals surface area (Å²) in [4.78, 5) is 26.9. The largest absolute Gasteiger partial charge is 0.370 e. The molecule has 0 atom stereocenters. The van der Waals surface area contributed by atoms with E-state index in [2.05, 4.69) is 10.2 Å². The molecule has 2 heterocycles. The molecule has 0 aromatic heterocycles. The molecule has 176 valence electrons. The molecule has 7 nitrogen and oxygen atoms in total. The van der Waals surface area contributed by atoms with Gasteiger partial charge in [0.25, 0.3) is 0 Å². The Balaban J connectivity index is 1.38. The molecule has 2 aromatic rings. The summed E-state index contributed by atoms with van der Waals surface area (Å²) in [6.45, 7) is 4.03. The Bertz CT molecular complexity index is 1100. The number of sulfonamides is 1. The van der Waals surface area contributed by atoms with E-state index in [9.17, 15) is 18.0 Å². The van der Waals surface area contributed by atoms with Gasteiger partial charge in [0.05, 0.1) is 16.3 Å². The van der Waals surface area contributed by atoms with E-state index in [-0.39, 0.29) is 22.5 Å². The number of ketones is 1.